The van der Waals surface area contributed by atoms with Crippen LogP contribution in [0, 0.1) is 0 Å². The molecular formula is C25H25IO10. The van der Waals surface area contributed by atoms with Gasteiger partial charge in [-0.15, -0.1) is 0 Å². The first-order valence-electron chi connectivity index (χ1n) is 11.4. The fourth-order valence-electron chi connectivity index (χ4n) is 5.26. The van der Waals surface area contributed by atoms with Gasteiger partial charge in [0.1, 0.15) is 17.6 Å². The number of rotatable bonds is 3. The lowest BCUT2D eigenvalue weighted by Gasteiger charge is -2.43. The van der Waals surface area contributed by atoms with Crippen molar-refractivity contribution >= 4 is 34.2 Å². The summed E-state index contributed by atoms with van der Waals surface area (Å²) in [6.45, 7) is 0.837. The molecule has 192 valence electrons. The molecule has 5 rings (SSSR count). The molecule has 1 heterocycles. The van der Waals surface area contributed by atoms with Gasteiger partial charge < -0.3 is 40.1 Å². The molecule has 2 aliphatic carbocycles. The van der Waals surface area contributed by atoms with Crippen LogP contribution in [0.2, 0.25) is 0 Å². The number of halogens is 1. The lowest BCUT2D eigenvalue weighted by molar-refractivity contribution is -0.260. The summed E-state index contributed by atoms with van der Waals surface area (Å²) in [7, 11) is 0. The summed E-state index contributed by atoms with van der Waals surface area (Å²) >= 11 is 1.86. The fraction of sp³-hybridized carbons (Fsp3) is 0.440. The van der Waals surface area contributed by atoms with E-state index in [1.807, 2.05) is 22.6 Å². The topological polar surface area (TPSA) is 174 Å². The van der Waals surface area contributed by atoms with Gasteiger partial charge in [-0.05, 0) is 6.92 Å². The van der Waals surface area contributed by atoms with Crippen LogP contribution in [-0.4, -0.2) is 82.9 Å². The Bertz CT molecular complexity index is 1260. The Hall–Kier alpha value is -2.13. The number of alkyl halides is 1. The van der Waals surface area contributed by atoms with E-state index in [1.165, 1.54) is 12.1 Å². The quantitative estimate of drug-likeness (QED) is 0.142. The molecule has 1 saturated heterocycles. The molecule has 0 bridgehead atoms. The highest BCUT2D eigenvalue weighted by Gasteiger charge is 2.49. The molecule has 1 fully saturated rings. The molecule has 0 amide bonds. The summed E-state index contributed by atoms with van der Waals surface area (Å²) in [6, 6.07) is 6.07. The number of ether oxygens (including phenoxy) is 2. The molecule has 3 aliphatic rings. The van der Waals surface area contributed by atoms with E-state index in [1.54, 1.807) is 19.1 Å². The van der Waals surface area contributed by atoms with Crippen molar-refractivity contribution in [2.75, 3.05) is 6.61 Å². The van der Waals surface area contributed by atoms with Crippen molar-refractivity contribution in [3.8, 4) is 11.5 Å². The second kappa shape index (κ2) is 9.01. The van der Waals surface area contributed by atoms with Crippen LogP contribution in [0.15, 0.2) is 24.3 Å². The zero-order valence-corrected chi connectivity index (χ0v) is 21.2. The molecule has 0 saturated carbocycles. The lowest BCUT2D eigenvalue weighted by atomic mass is 9.73. The zero-order chi connectivity index (χ0) is 26.1. The van der Waals surface area contributed by atoms with Crippen LogP contribution in [-0.2, 0) is 15.9 Å². The first-order valence-corrected chi connectivity index (χ1v) is 12.7. The summed E-state index contributed by atoms with van der Waals surface area (Å²) in [5.41, 5.74) is -2.40. The average molecular weight is 612 g/mol. The number of ketones is 2. The maximum Gasteiger partial charge on any atom is 0.198 e. The Balaban J connectivity index is 1.66. The molecule has 10 nitrogen and oxygen atoms in total. The largest absolute Gasteiger partial charge is 0.507 e. The minimum atomic E-state index is -1.78. The van der Waals surface area contributed by atoms with Crippen LogP contribution in [0.3, 0.4) is 0 Å². The molecular weight excluding hydrogens is 587 g/mol. The summed E-state index contributed by atoms with van der Waals surface area (Å²) in [4.78, 5) is 26.6. The van der Waals surface area contributed by atoms with Gasteiger partial charge in [0.2, 0.25) is 0 Å². The molecule has 1 unspecified atom stereocenters. The number of hydrogen-bond acceptors (Lipinski definition) is 10. The monoisotopic (exact) mass is 612 g/mol. The predicted octanol–water partition coefficient (Wildman–Crippen LogP) is 0.871. The standard InChI is InChI=1S/C25H25IO10/c1-9-18(28)23(33)17(26)24(35-9)36-13-7-25(34,8-27)6-12-14(13)22(32)16-15(21(12)31)19(29)10-4-2-3-5-11(10)20(16)30/h2-5,9,13,17-18,23-24,27-28,31-34H,6-8H2,1H3/t9-,13-,17+,18-,23-,24?,25-/m0/s1. The van der Waals surface area contributed by atoms with Crippen molar-refractivity contribution in [1.29, 1.82) is 0 Å². The number of hydrogen-bond donors (Lipinski definition) is 6. The summed E-state index contributed by atoms with van der Waals surface area (Å²) in [5.74, 6) is -2.44. The van der Waals surface area contributed by atoms with Crippen molar-refractivity contribution in [2.24, 2.45) is 0 Å². The highest BCUT2D eigenvalue weighted by Crippen LogP contribution is 2.52. The van der Waals surface area contributed by atoms with Crippen LogP contribution in [0.4, 0.5) is 0 Å². The van der Waals surface area contributed by atoms with Gasteiger partial charge in [-0.3, -0.25) is 9.59 Å². The van der Waals surface area contributed by atoms with E-state index in [4.69, 9.17) is 9.47 Å². The maximum atomic E-state index is 13.3. The van der Waals surface area contributed by atoms with Crippen LogP contribution in [0.25, 0.3) is 0 Å². The molecule has 2 aromatic carbocycles. The van der Waals surface area contributed by atoms with E-state index in [9.17, 15) is 40.2 Å². The number of benzene rings is 2. The Morgan fingerprint density at radius 2 is 1.64 bits per heavy atom. The van der Waals surface area contributed by atoms with Crippen molar-refractivity contribution < 1.29 is 49.7 Å². The first kappa shape index (κ1) is 25.5. The third-order valence-corrected chi connectivity index (χ3v) is 8.54. The van der Waals surface area contributed by atoms with E-state index < -0.39 is 69.9 Å². The SMILES string of the molecule is C[C@@H]1OC(O[C@H]2C[C@](O)(CO)Cc3c(O)c4c(c(O)c32)C(=O)c2ccccc2C4=O)[C@H](I)[C@H](O)[C@H]1O. The Labute approximate surface area is 219 Å². The van der Waals surface area contributed by atoms with Gasteiger partial charge in [0.25, 0.3) is 0 Å². The van der Waals surface area contributed by atoms with Crippen molar-refractivity contribution in [2.45, 2.75) is 60.0 Å². The van der Waals surface area contributed by atoms with Gasteiger partial charge in [0, 0.05) is 35.1 Å². The molecule has 0 radical (unpaired) electrons. The van der Waals surface area contributed by atoms with E-state index >= 15 is 0 Å². The van der Waals surface area contributed by atoms with Gasteiger partial charge in [-0.25, -0.2) is 0 Å². The van der Waals surface area contributed by atoms with E-state index in [-0.39, 0.29) is 46.2 Å². The van der Waals surface area contributed by atoms with Gasteiger partial charge in [-0.2, -0.15) is 0 Å². The second-order valence-corrected chi connectivity index (χ2v) is 11.0. The van der Waals surface area contributed by atoms with Crippen molar-refractivity contribution in [3.63, 3.8) is 0 Å². The van der Waals surface area contributed by atoms with E-state index in [2.05, 4.69) is 0 Å². The predicted molar refractivity (Wildman–Crippen MR) is 131 cm³/mol. The number of phenols is 2. The second-order valence-electron chi connectivity index (χ2n) is 9.57. The smallest absolute Gasteiger partial charge is 0.198 e. The highest BCUT2D eigenvalue weighted by molar-refractivity contribution is 14.1. The van der Waals surface area contributed by atoms with Crippen LogP contribution < -0.4 is 0 Å². The van der Waals surface area contributed by atoms with Crippen molar-refractivity contribution in [1.82, 2.24) is 0 Å². The third kappa shape index (κ3) is 3.76. The molecule has 0 aromatic heterocycles. The average Bonchev–Trinajstić information content (AvgIpc) is 2.86. The Morgan fingerprint density at radius 3 is 2.22 bits per heavy atom. The number of aromatic hydroxyl groups is 2. The number of carbonyl (C=O) groups excluding carboxylic acids is 2. The number of aliphatic hydroxyl groups is 4. The third-order valence-electron chi connectivity index (χ3n) is 7.21. The molecule has 11 heteroatoms. The number of carbonyl (C=O) groups is 2. The Kier molecular flexibility index (Phi) is 6.39. The minimum Gasteiger partial charge on any atom is -0.507 e. The van der Waals surface area contributed by atoms with Gasteiger partial charge in [0.15, 0.2) is 17.9 Å². The number of phenolic OH excluding ortho intramolecular Hbond substituents is 2. The summed E-state index contributed by atoms with van der Waals surface area (Å²) in [5, 5.41) is 64.0. The Morgan fingerprint density at radius 1 is 1.06 bits per heavy atom. The van der Waals surface area contributed by atoms with Crippen LogP contribution in [0.1, 0.15) is 62.4 Å². The molecule has 6 N–H and O–H groups in total. The summed E-state index contributed by atoms with van der Waals surface area (Å²) < 4.78 is 11.1. The molecule has 1 aliphatic heterocycles. The normalized spacial score (nSPS) is 33.6. The first-order chi connectivity index (χ1) is 17.0. The van der Waals surface area contributed by atoms with Crippen LogP contribution >= 0.6 is 22.6 Å². The maximum absolute atomic E-state index is 13.3. The van der Waals surface area contributed by atoms with Crippen molar-refractivity contribution in [3.05, 3.63) is 57.6 Å². The molecule has 36 heavy (non-hydrogen) atoms. The fourth-order valence-corrected chi connectivity index (χ4v) is 6.02. The number of fused-ring (bicyclic) bond motifs is 3. The van der Waals surface area contributed by atoms with E-state index in [0.29, 0.717) is 0 Å². The lowest BCUT2D eigenvalue weighted by Crippen LogP contribution is -2.55. The van der Waals surface area contributed by atoms with E-state index in [0.717, 1.165) is 0 Å². The van der Waals surface area contributed by atoms with Gasteiger partial charge in [-0.1, -0.05) is 46.9 Å². The number of aliphatic hydroxyl groups excluding tert-OH is 3. The molecule has 2 aromatic rings. The summed E-state index contributed by atoms with van der Waals surface area (Å²) in [6.07, 6.45) is -6.00. The van der Waals surface area contributed by atoms with Crippen LogP contribution in [0.5, 0.6) is 11.5 Å². The van der Waals surface area contributed by atoms with Gasteiger partial charge >= 0.3 is 0 Å². The zero-order valence-electron chi connectivity index (χ0n) is 19.1. The minimum absolute atomic E-state index is 0.00892. The van der Waals surface area contributed by atoms with Gasteiger partial charge in [0.05, 0.1) is 45.6 Å². The molecule has 7 atom stereocenters. The molecule has 0 spiro atoms. The highest BCUT2D eigenvalue weighted by atomic mass is 127.